The number of aromatic nitrogens is 4. The average molecular weight is 327 g/mol. The zero-order chi connectivity index (χ0) is 16.6. The average Bonchev–Trinajstić information content (AvgIpc) is 3.15. The number of H-pyrrole nitrogens is 1. The minimum absolute atomic E-state index is 0.407. The van der Waals surface area contributed by atoms with Crippen molar-refractivity contribution in [3.8, 4) is 0 Å². The van der Waals surface area contributed by atoms with Gasteiger partial charge in [-0.05, 0) is 37.9 Å². The maximum atomic E-state index is 10.9. The number of rotatable bonds is 4. The first-order chi connectivity index (χ1) is 11.6. The van der Waals surface area contributed by atoms with Gasteiger partial charge in [0.05, 0.1) is 23.7 Å². The summed E-state index contributed by atoms with van der Waals surface area (Å²) in [7, 11) is 0. The number of piperidine rings is 1. The summed E-state index contributed by atoms with van der Waals surface area (Å²) in [5.74, 6) is 1.12. The number of nitrogens with zero attached hydrogens (tertiary/aromatic N) is 4. The number of aryl methyl sites for hydroxylation is 1. The number of fused-ring (bicyclic) bond motifs is 1. The largest absolute Gasteiger partial charge is 0.388 e. The van der Waals surface area contributed by atoms with Crippen LogP contribution in [-0.2, 0) is 13.0 Å². The monoisotopic (exact) mass is 327 g/mol. The summed E-state index contributed by atoms with van der Waals surface area (Å²) in [5, 5.41) is 22.9. The third kappa shape index (κ3) is 3.18. The number of nitrogens with one attached hydrogen (secondary N) is 1. The normalized spacial score (nSPS) is 22.2. The van der Waals surface area contributed by atoms with E-state index < -0.39 is 5.60 Å². The number of likely N-dealkylation sites (tertiary alicyclic amines) is 1. The Morgan fingerprint density at radius 3 is 3.17 bits per heavy atom. The molecule has 1 aliphatic heterocycles. The quantitative estimate of drug-likeness (QED) is 0.759. The first kappa shape index (κ1) is 15.3. The molecule has 1 fully saturated rings. The summed E-state index contributed by atoms with van der Waals surface area (Å²) >= 11 is 0. The van der Waals surface area contributed by atoms with Gasteiger partial charge >= 0.3 is 0 Å². The molecule has 0 bridgehead atoms. The van der Waals surface area contributed by atoms with Crippen LogP contribution in [0.4, 0.5) is 0 Å². The summed E-state index contributed by atoms with van der Waals surface area (Å²) in [4.78, 5) is 6.50. The smallest absolute Gasteiger partial charge is 0.229 e. The standard InChI is InChI=1S/C17H21N5O2/c1-12-19-16(24-21-12)8-17(23)5-2-6-22(11-17)10-13-3-4-14-9-18-20-15(14)7-13/h3-4,7,9,23H,2,5-6,8,10-11H2,1H3,(H,18,20). The molecular weight excluding hydrogens is 306 g/mol. The summed E-state index contributed by atoms with van der Waals surface area (Å²) < 4.78 is 5.17. The van der Waals surface area contributed by atoms with E-state index in [1.165, 1.54) is 5.56 Å². The summed E-state index contributed by atoms with van der Waals surface area (Å²) in [5.41, 5.74) is 1.45. The second-order valence-electron chi connectivity index (χ2n) is 6.74. The molecule has 1 saturated heterocycles. The first-order valence-corrected chi connectivity index (χ1v) is 8.26. The molecule has 1 unspecified atom stereocenters. The van der Waals surface area contributed by atoms with Crippen LogP contribution >= 0.6 is 0 Å². The van der Waals surface area contributed by atoms with Crippen molar-refractivity contribution in [3.63, 3.8) is 0 Å². The second-order valence-corrected chi connectivity index (χ2v) is 6.74. The molecule has 24 heavy (non-hydrogen) atoms. The number of hydrogen-bond donors (Lipinski definition) is 2. The Morgan fingerprint density at radius 1 is 1.42 bits per heavy atom. The van der Waals surface area contributed by atoms with Gasteiger partial charge in [-0.2, -0.15) is 10.1 Å². The number of benzene rings is 1. The Labute approximate surface area is 139 Å². The van der Waals surface area contributed by atoms with Gasteiger partial charge in [0, 0.05) is 18.5 Å². The van der Waals surface area contributed by atoms with Crippen molar-refractivity contribution in [2.24, 2.45) is 0 Å². The van der Waals surface area contributed by atoms with Gasteiger partial charge in [-0.25, -0.2) is 0 Å². The van der Waals surface area contributed by atoms with Crippen LogP contribution in [0.5, 0.6) is 0 Å². The topological polar surface area (TPSA) is 91.1 Å². The van der Waals surface area contributed by atoms with Gasteiger partial charge in [0.25, 0.3) is 0 Å². The van der Waals surface area contributed by atoms with E-state index in [9.17, 15) is 5.11 Å². The van der Waals surface area contributed by atoms with Crippen LogP contribution in [0.1, 0.15) is 30.1 Å². The minimum atomic E-state index is -0.810. The molecule has 0 radical (unpaired) electrons. The molecule has 0 saturated carbocycles. The fourth-order valence-corrected chi connectivity index (χ4v) is 3.52. The molecule has 0 spiro atoms. The van der Waals surface area contributed by atoms with Gasteiger partial charge in [-0.3, -0.25) is 10.00 Å². The highest BCUT2D eigenvalue weighted by atomic mass is 16.5. The predicted molar refractivity (Wildman–Crippen MR) is 88.3 cm³/mol. The predicted octanol–water partition coefficient (Wildman–Crippen LogP) is 1.82. The summed E-state index contributed by atoms with van der Waals surface area (Å²) in [6.45, 7) is 4.18. The van der Waals surface area contributed by atoms with E-state index in [1.54, 1.807) is 6.92 Å². The van der Waals surface area contributed by atoms with E-state index in [0.717, 1.165) is 36.8 Å². The molecule has 0 amide bonds. The molecule has 126 valence electrons. The number of hydrogen-bond acceptors (Lipinski definition) is 6. The van der Waals surface area contributed by atoms with Crippen molar-refractivity contribution in [1.82, 2.24) is 25.2 Å². The fourth-order valence-electron chi connectivity index (χ4n) is 3.52. The fraction of sp³-hybridized carbons (Fsp3) is 0.471. The molecule has 1 atom stereocenters. The highest BCUT2D eigenvalue weighted by Gasteiger charge is 2.35. The lowest BCUT2D eigenvalue weighted by Crippen LogP contribution is -2.49. The number of aromatic amines is 1. The van der Waals surface area contributed by atoms with Gasteiger partial charge in [-0.1, -0.05) is 17.3 Å². The summed E-state index contributed by atoms with van der Waals surface area (Å²) in [6, 6.07) is 6.32. The zero-order valence-electron chi connectivity index (χ0n) is 13.7. The van der Waals surface area contributed by atoms with Crippen LogP contribution < -0.4 is 0 Å². The van der Waals surface area contributed by atoms with E-state index in [-0.39, 0.29) is 0 Å². The molecule has 3 aromatic rings. The maximum Gasteiger partial charge on any atom is 0.229 e. The van der Waals surface area contributed by atoms with Crippen LogP contribution in [0.3, 0.4) is 0 Å². The van der Waals surface area contributed by atoms with Crippen molar-refractivity contribution in [3.05, 3.63) is 41.7 Å². The Hall–Kier alpha value is -2.25. The molecule has 1 aromatic carbocycles. The van der Waals surface area contributed by atoms with Crippen molar-refractivity contribution in [2.45, 2.75) is 38.3 Å². The van der Waals surface area contributed by atoms with Gasteiger partial charge in [-0.15, -0.1) is 0 Å². The highest BCUT2D eigenvalue weighted by molar-refractivity contribution is 5.78. The molecule has 2 aromatic heterocycles. The molecule has 0 aliphatic carbocycles. The molecule has 1 aliphatic rings. The third-order valence-electron chi connectivity index (χ3n) is 4.60. The van der Waals surface area contributed by atoms with Crippen molar-refractivity contribution < 1.29 is 9.63 Å². The second kappa shape index (κ2) is 5.99. The van der Waals surface area contributed by atoms with Crippen LogP contribution in [0, 0.1) is 6.92 Å². The number of β-amino-alcohol motifs (C(OH)–C–C–N with tert-alkyl or cyclic N) is 1. The van der Waals surface area contributed by atoms with Gasteiger partial charge in [0.15, 0.2) is 5.82 Å². The van der Waals surface area contributed by atoms with Gasteiger partial charge in [0.2, 0.25) is 5.89 Å². The van der Waals surface area contributed by atoms with E-state index in [2.05, 4.69) is 43.4 Å². The highest BCUT2D eigenvalue weighted by Crippen LogP contribution is 2.26. The Kier molecular flexibility index (Phi) is 3.82. The third-order valence-corrected chi connectivity index (χ3v) is 4.60. The zero-order valence-corrected chi connectivity index (χ0v) is 13.7. The number of aliphatic hydroxyl groups is 1. The molecule has 4 rings (SSSR count). The lowest BCUT2D eigenvalue weighted by atomic mass is 9.89. The molecule has 7 nitrogen and oxygen atoms in total. The molecular formula is C17H21N5O2. The van der Waals surface area contributed by atoms with Crippen LogP contribution in [0.15, 0.2) is 28.9 Å². The van der Waals surface area contributed by atoms with Gasteiger partial charge < -0.3 is 9.63 Å². The summed E-state index contributed by atoms with van der Waals surface area (Å²) in [6.07, 6.45) is 3.94. The van der Waals surface area contributed by atoms with E-state index in [1.807, 2.05) is 6.20 Å². The minimum Gasteiger partial charge on any atom is -0.388 e. The van der Waals surface area contributed by atoms with E-state index in [4.69, 9.17) is 4.52 Å². The van der Waals surface area contributed by atoms with Crippen molar-refractivity contribution >= 4 is 10.9 Å². The Morgan fingerprint density at radius 2 is 2.33 bits per heavy atom. The van der Waals surface area contributed by atoms with Gasteiger partial charge in [0.1, 0.15) is 0 Å². The Balaban J connectivity index is 1.45. The van der Waals surface area contributed by atoms with Crippen molar-refractivity contribution in [1.29, 1.82) is 0 Å². The lowest BCUT2D eigenvalue weighted by molar-refractivity contribution is -0.0373. The molecule has 2 N–H and O–H groups in total. The maximum absolute atomic E-state index is 10.9. The first-order valence-electron chi connectivity index (χ1n) is 8.26. The molecule has 3 heterocycles. The van der Waals surface area contributed by atoms with Crippen LogP contribution in [0.25, 0.3) is 10.9 Å². The van der Waals surface area contributed by atoms with Crippen molar-refractivity contribution in [2.75, 3.05) is 13.1 Å². The SMILES string of the molecule is Cc1noc(CC2(O)CCCN(Cc3ccc4cn[nH]c4c3)C2)n1. The van der Waals surface area contributed by atoms with E-state index >= 15 is 0 Å². The lowest BCUT2D eigenvalue weighted by Gasteiger charge is -2.38. The van der Waals surface area contributed by atoms with Crippen LogP contribution in [-0.4, -0.2) is 49.0 Å². The Bertz CT molecular complexity index is 842. The van der Waals surface area contributed by atoms with Crippen LogP contribution in [0.2, 0.25) is 0 Å². The van der Waals surface area contributed by atoms with E-state index in [0.29, 0.717) is 24.7 Å². The molecule has 7 heteroatoms.